The Bertz CT molecular complexity index is 689. The van der Waals surface area contributed by atoms with Crippen molar-refractivity contribution in [2.75, 3.05) is 10.6 Å². The number of aromatic carboxylic acids is 1. The van der Waals surface area contributed by atoms with Crippen LogP contribution in [-0.2, 0) is 0 Å². The minimum absolute atomic E-state index is 0.144. The molecule has 7 heteroatoms. The number of benzene rings is 2. The van der Waals surface area contributed by atoms with E-state index in [-0.39, 0.29) is 5.56 Å². The van der Waals surface area contributed by atoms with E-state index in [1.54, 1.807) is 12.1 Å². The Balaban J connectivity index is 2.06. The van der Waals surface area contributed by atoms with E-state index >= 15 is 0 Å². The van der Waals surface area contributed by atoms with Crippen molar-refractivity contribution in [1.29, 1.82) is 0 Å². The van der Waals surface area contributed by atoms with Crippen LogP contribution in [0.25, 0.3) is 0 Å². The largest absolute Gasteiger partial charge is 0.478 e. The van der Waals surface area contributed by atoms with Gasteiger partial charge in [-0.25, -0.2) is 9.59 Å². The highest BCUT2D eigenvalue weighted by Crippen LogP contribution is 2.24. The number of rotatable bonds is 3. The van der Waals surface area contributed by atoms with Crippen molar-refractivity contribution in [2.24, 2.45) is 0 Å². The molecule has 108 valence electrons. The molecule has 0 bridgehead atoms. The number of amides is 2. The van der Waals surface area contributed by atoms with Crippen LogP contribution in [0, 0.1) is 3.57 Å². The number of nitrogens with one attached hydrogen (secondary N) is 2. The zero-order valence-electron chi connectivity index (χ0n) is 10.6. The van der Waals surface area contributed by atoms with Crippen molar-refractivity contribution in [2.45, 2.75) is 0 Å². The number of carboxylic acid groups (broad SMARTS) is 1. The highest BCUT2D eigenvalue weighted by molar-refractivity contribution is 14.1. The van der Waals surface area contributed by atoms with Gasteiger partial charge in [0.1, 0.15) is 0 Å². The van der Waals surface area contributed by atoms with E-state index in [2.05, 4.69) is 49.2 Å². The summed E-state index contributed by atoms with van der Waals surface area (Å²) < 4.78 is 1.57. The molecule has 0 saturated carbocycles. The molecule has 0 aromatic heterocycles. The summed E-state index contributed by atoms with van der Waals surface area (Å²) in [4.78, 5) is 22.7. The first kappa shape index (κ1) is 15.8. The smallest absolute Gasteiger partial charge is 0.335 e. The standard InChI is InChI=1S/C14H10BrIN2O3/c15-11-7-8(13(19)20)1-6-12(11)18-14(21)17-10-4-2-9(16)3-5-10/h1-7H,(H,19,20)(H2,17,18,21). The minimum Gasteiger partial charge on any atom is -0.478 e. The molecule has 2 amide bonds. The van der Waals surface area contributed by atoms with Gasteiger partial charge in [-0.3, -0.25) is 0 Å². The summed E-state index contributed by atoms with van der Waals surface area (Å²) in [5, 5.41) is 14.2. The molecule has 0 saturated heterocycles. The summed E-state index contributed by atoms with van der Waals surface area (Å²) in [7, 11) is 0. The molecule has 2 rings (SSSR count). The molecule has 0 atom stereocenters. The summed E-state index contributed by atoms with van der Waals surface area (Å²) in [5.74, 6) is -1.02. The predicted molar refractivity (Wildman–Crippen MR) is 92.9 cm³/mol. The number of carbonyl (C=O) groups is 2. The molecule has 0 aliphatic heterocycles. The molecule has 2 aromatic rings. The highest BCUT2D eigenvalue weighted by Gasteiger charge is 2.09. The van der Waals surface area contributed by atoms with E-state index in [0.717, 1.165) is 3.57 Å². The normalized spacial score (nSPS) is 10.0. The molecular formula is C14H10BrIN2O3. The average Bonchev–Trinajstić information content (AvgIpc) is 2.43. The summed E-state index contributed by atoms with van der Waals surface area (Å²) in [6.45, 7) is 0. The molecule has 0 aliphatic carbocycles. The number of carboxylic acids is 1. The van der Waals surface area contributed by atoms with E-state index < -0.39 is 12.0 Å². The van der Waals surface area contributed by atoms with Crippen LogP contribution in [0.1, 0.15) is 10.4 Å². The molecule has 0 heterocycles. The fourth-order valence-corrected chi connectivity index (χ4v) is 2.40. The van der Waals surface area contributed by atoms with Crippen LogP contribution in [0.4, 0.5) is 16.2 Å². The molecule has 0 aliphatic rings. The van der Waals surface area contributed by atoms with Crippen molar-refractivity contribution >= 4 is 61.9 Å². The van der Waals surface area contributed by atoms with E-state index in [0.29, 0.717) is 15.8 Å². The van der Waals surface area contributed by atoms with Gasteiger partial charge in [0.25, 0.3) is 0 Å². The third-order valence-corrected chi connectivity index (χ3v) is 3.94. The number of hydrogen-bond acceptors (Lipinski definition) is 2. The quantitative estimate of drug-likeness (QED) is 0.594. The van der Waals surface area contributed by atoms with Crippen molar-refractivity contribution in [3.05, 3.63) is 56.1 Å². The lowest BCUT2D eigenvalue weighted by molar-refractivity contribution is 0.0697. The van der Waals surface area contributed by atoms with Crippen LogP contribution < -0.4 is 10.6 Å². The van der Waals surface area contributed by atoms with Gasteiger partial charge < -0.3 is 15.7 Å². The van der Waals surface area contributed by atoms with E-state index in [9.17, 15) is 9.59 Å². The van der Waals surface area contributed by atoms with E-state index in [1.807, 2.05) is 12.1 Å². The van der Waals surface area contributed by atoms with Gasteiger partial charge in [-0.2, -0.15) is 0 Å². The second-order valence-electron chi connectivity index (χ2n) is 4.09. The van der Waals surface area contributed by atoms with Crippen molar-refractivity contribution in [3.8, 4) is 0 Å². The monoisotopic (exact) mass is 460 g/mol. The second-order valence-corrected chi connectivity index (χ2v) is 6.19. The first-order valence-electron chi connectivity index (χ1n) is 5.82. The Hall–Kier alpha value is -1.61. The van der Waals surface area contributed by atoms with Crippen LogP contribution >= 0.6 is 38.5 Å². The first-order valence-corrected chi connectivity index (χ1v) is 7.69. The zero-order valence-corrected chi connectivity index (χ0v) is 14.3. The van der Waals surface area contributed by atoms with Crippen molar-refractivity contribution < 1.29 is 14.7 Å². The number of halogens is 2. The lowest BCUT2D eigenvalue weighted by atomic mass is 10.2. The fourth-order valence-electron chi connectivity index (χ4n) is 1.57. The summed E-state index contributed by atoms with van der Waals surface area (Å²) in [5.41, 5.74) is 1.31. The third kappa shape index (κ3) is 4.43. The van der Waals surface area contributed by atoms with E-state index in [1.165, 1.54) is 18.2 Å². The maximum absolute atomic E-state index is 11.9. The van der Waals surface area contributed by atoms with Gasteiger partial charge >= 0.3 is 12.0 Å². The van der Waals surface area contributed by atoms with Crippen LogP contribution in [0.2, 0.25) is 0 Å². The maximum atomic E-state index is 11.9. The van der Waals surface area contributed by atoms with Crippen LogP contribution in [0.5, 0.6) is 0 Å². The van der Waals surface area contributed by atoms with Gasteiger partial charge in [-0.05, 0) is 81.0 Å². The Kier molecular flexibility index (Phi) is 5.18. The van der Waals surface area contributed by atoms with Crippen molar-refractivity contribution in [3.63, 3.8) is 0 Å². The molecule has 0 radical (unpaired) electrons. The predicted octanol–water partition coefficient (Wildman–Crippen LogP) is 4.40. The number of carbonyl (C=O) groups excluding carboxylic acids is 1. The topological polar surface area (TPSA) is 78.4 Å². The lowest BCUT2D eigenvalue weighted by Gasteiger charge is -2.09. The summed E-state index contributed by atoms with van der Waals surface area (Å²) in [6, 6.07) is 11.3. The maximum Gasteiger partial charge on any atom is 0.335 e. The average molecular weight is 461 g/mol. The van der Waals surface area contributed by atoms with E-state index in [4.69, 9.17) is 5.11 Å². The van der Waals surface area contributed by atoms with Crippen molar-refractivity contribution in [1.82, 2.24) is 0 Å². The van der Waals surface area contributed by atoms with Crippen LogP contribution in [0.15, 0.2) is 46.9 Å². The summed E-state index contributed by atoms with van der Waals surface area (Å²) >= 11 is 5.41. The van der Waals surface area contributed by atoms with Crippen LogP contribution in [0.3, 0.4) is 0 Å². The Morgan fingerprint density at radius 3 is 2.29 bits per heavy atom. The van der Waals surface area contributed by atoms with Gasteiger partial charge in [0.2, 0.25) is 0 Å². The van der Waals surface area contributed by atoms with Gasteiger partial charge in [0, 0.05) is 13.7 Å². The minimum atomic E-state index is -1.02. The molecule has 2 aromatic carbocycles. The molecule has 5 nitrogen and oxygen atoms in total. The van der Waals surface area contributed by atoms with Gasteiger partial charge in [-0.1, -0.05) is 0 Å². The molecule has 0 unspecified atom stereocenters. The fraction of sp³-hybridized carbons (Fsp3) is 0. The third-order valence-electron chi connectivity index (χ3n) is 2.57. The Morgan fingerprint density at radius 1 is 1.05 bits per heavy atom. The Morgan fingerprint density at radius 2 is 1.71 bits per heavy atom. The number of urea groups is 1. The van der Waals surface area contributed by atoms with Crippen LogP contribution in [-0.4, -0.2) is 17.1 Å². The second kappa shape index (κ2) is 6.90. The number of hydrogen-bond donors (Lipinski definition) is 3. The molecule has 3 N–H and O–H groups in total. The summed E-state index contributed by atoms with van der Waals surface area (Å²) in [6.07, 6.45) is 0. The Labute approximate surface area is 143 Å². The molecule has 0 fully saturated rings. The molecule has 0 spiro atoms. The molecule has 21 heavy (non-hydrogen) atoms. The SMILES string of the molecule is O=C(Nc1ccc(I)cc1)Nc1ccc(C(=O)O)cc1Br. The first-order chi connectivity index (χ1) is 9.95. The van der Waals surface area contributed by atoms with Gasteiger partial charge in [-0.15, -0.1) is 0 Å². The van der Waals surface area contributed by atoms with Gasteiger partial charge in [0.05, 0.1) is 11.3 Å². The van der Waals surface area contributed by atoms with Gasteiger partial charge in [0.15, 0.2) is 0 Å². The number of anilines is 2. The highest BCUT2D eigenvalue weighted by atomic mass is 127. The molecular weight excluding hydrogens is 451 g/mol. The lowest BCUT2D eigenvalue weighted by Crippen LogP contribution is -2.19. The zero-order chi connectivity index (χ0) is 15.4.